The van der Waals surface area contributed by atoms with E-state index in [2.05, 4.69) is 36.2 Å². The predicted octanol–water partition coefficient (Wildman–Crippen LogP) is 0.746. The molecule has 0 aliphatic rings. The summed E-state index contributed by atoms with van der Waals surface area (Å²) in [6, 6.07) is 0. The molecular formula is C9H18N4. The maximum absolute atomic E-state index is 4.15. The zero-order chi connectivity index (χ0) is 9.90. The third-order valence-corrected chi connectivity index (χ3v) is 1.81. The van der Waals surface area contributed by atoms with Crippen molar-refractivity contribution in [1.29, 1.82) is 0 Å². The van der Waals surface area contributed by atoms with Gasteiger partial charge >= 0.3 is 0 Å². The molecule has 0 saturated carbocycles. The van der Waals surface area contributed by atoms with Crippen LogP contribution in [-0.4, -0.2) is 26.8 Å². The van der Waals surface area contributed by atoms with Crippen LogP contribution in [0.4, 0.5) is 0 Å². The van der Waals surface area contributed by atoms with Crippen LogP contribution in [0.3, 0.4) is 0 Å². The fourth-order valence-corrected chi connectivity index (χ4v) is 1.10. The van der Waals surface area contributed by atoms with Crippen molar-refractivity contribution in [3.05, 3.63) is 12.2 Å². The third-order valence-electron chi connectivity index (χ3n) is 1.81. The van der Waals surface area contributed by atoms with E-state index < -0.39 is 0 Å². The Bertz CT molecular complexity index is 259. The highest BCUT2D eigenvalue weighted by Crippen LogP contribution is 1.99. The summed E-state index contributed by atoms with van der Waals surface area (Å²) in [7, 11) is 1.92. The van der Waals surface area contributed by atoms with E-state index in [-0.39, 0.29) is 5.54 Å². The van der Waals surface area contributed by atoms with E-state index in [0.717, 1.165) is 18.8 Å². The molecule has 0 fully saturated rings. The van der Waals surface area contributed by atoms with E-state index in [0.29, 0.717) is 0 Å². The molecule has 0 aliphatic heterocycles. The van der Waals surface area contributed by atoms with Crippen LogP contribution < -0.4 is 5.32 Å². The molecule has 4 nitrogen and oxygen atoms in total. The minimum atomic E-state index is 0.179. The van der Waals surface area contributed by atoms with Gasteiger partial charge in [0.15, 0.2) is 0 Å². The molecule has 1 aromatic heterocycles. The van der Waals surface area contributed by atoms with Crippen LogP contribution in [0.15, 0.2) is 6.33 Å². The smallest absolute Gasteiger partial charge is 0.138 e. The number of hydrogen-bond acceptors (Lipinski definition) is 3. The third kappa shape index (κ3) is 3.55. The van der Waals surface area contributed by atoms with Crippen LogP contribution in [0.5, 0.6) is 0 Å². The summed E-state index contributed by atoms with van der Waals surface area (Å²) >= 11 is 0. The fourth-order valence-electron chi connectivity index (χ4n) is 1.10. The SMILES string of the molecule is Cn1ncnc1CCNC(C)(C)C. The number of aryl methyl sites for hydroxylation is 1. The lowest BCUT2D eigenvalue weighted by molar-refractivity contribution is 0.425. The van der Waals surface area contributed by atoms with Gasteiger partial charge in [-0.25, -0.2) is 4.98 Å². The lowest BCUT2D eigenvalue weighted by atomic mass is 10.1. The van der Waals surface area contributed by atoms with Gasteiger partial charge in [-0.05, 0) is 20.8 Å². The first-order chi connectivity index (χ1) is 5.99. The van der Waals surface area contributed by atoms with Gasteiger partial charge in [-0.2, -0.15) is 5.10 Å². The molecule has 1 N–H and O–H groups in total. The Hall–Kier alpha value is -0.900. The monoisotopic (exact) mass is 182 g/mol. The summed E-state index contributed by atoms with van der Waals surface area (Å²) in [6.45, 7) is 7.41. The summed E-state index contributed by atoms with van der Waals surface area (Å²) in [5.41, 5.74) is 0.179. The largest absolute Gasteiger partial charge is 0.312 e. The fraction of sp³-hybridized carbons (Fsp3) is 0.778. The Kier molecular flexibility index (Phi) is 3.03. The van der Waals surface area contributed by atoms with Crippen molar-refractivity contribution < 1.29 is 0 Å². The summed E-state index contributed by atoms with van der Waals surface area (Å²) in [5, 5.41) is 7.42. The van der Waals surface area contributed by atoms with Gasteiger partial charge in [0, 0.05) is 25.6 Å². The molecule has 0 amide bonds. The molecule has 0 saturated heterocycles. The molecule has 0 bridgehead atoms. The van der Waals surface area contributed by atoms with Gasteiger partial charge in [0.1, 0.15) is 12.2 Å². The second-order valence-corrected chi connectivity index (χ2v) is 4.23. The highest BCUT2D eigenvalue weighted by molar-refractivity contribution is 4.85. The topological polar surface area (TPSA) is 42.7 Å². The van der Waals surface area contributed by atoms with Crippen LogP contribution >= 0.6 is 0 Å². The molecule has 0 spiro atoms. The zero-order valence-corrected chi connectivity index (χ0v) is 8.83. The van der Waals surface area contributed by atoms with Crippen molar-refractivity contribution in [3.8, 4) is 0 Å². The molecule has 0 radical (unpaired) electrons. The summed E-state index contributed by atoms with van der Waals surface area (Å²) in [6.07, 6.45) is 2.51. The molecule has 13 heavy (non-hydrogen) atoms. The minimum Gasteiger partial charge on any atom is -0.312 e. The minimum absolute atomic E-state index is 0.179. The normalized spacial score (nSPS) is 12.0. The van der Waals surface area contributed by atoms with Crippen LogP contribution in [0.1, 0.15) is 26.6 Å². The molecule has 1 aromatic rings. The Morgan fingerprint density at radius 2 is 2.15 bits per heavy atom. The van der Waals surface area contributed by atoms with E-state index >= 15 is 0 Å². The van der Waals surface area contributed by atoms with Crippen LogP contribution in [0, 0.1) is 0 Å². The molecule has 4 heteroatoms. The van der Waals surface area contributed by atoms with Crippen LogP contribution in [-0.2, 0) is 13.5 Å². The Balaban J connectivity index is 2.32. The van der Waals surface area contributed by atoms with Crippen molar-refractivity contribution in [2.24, 2.45) is 7.05 Å². The van der Waals surface area contributed by atoms with Gasteiger partial charge in [0.05, 0.1) is 0 Å². The van der Waals surface area contributed by atoms with Crippen molar-refractivity contribution in [3.63, 3.8) is 0 Å². The van der Waals surface area contributed by atoms with Gasteiger partial charge in [-0.3, -0.25) is 4.68 Å². The van der Waals surface area contributed by atoms with Crippen molar-refractivity contribution in [2.45, 2.75) is 32.7 Å². The number of hydrogen-bond donors (Lipinski definition) is 1. The Morgan fingerprint density at radius 1 is 1.46 bits per heavy atom. The van der Waals surface area contributed by atoms with E-state index in [9.17, 15) is 0 Å². The average molecular weight is 182 g/mol. The van der Waals surface area contributed by atoms with E-state index in [1.807, 2.05) is 11.7 Å². The second-order valence-electron chi connectivity index (χ2n) is 4.23. The van der Waals surface area contributed by atoms with Crippen LogP contribution in [0.2, 0.25) is 0 Å². The van der Waals surface area contributed by atoms with Gasteiger partial charge in [0.25, 0.3) is 0 Å². The maximum Gasteiger partial charge on any atom is 0.138 e. The van der Waals surface area contributed by atoms with Crippen molar-refractivity contribution >= 4 is 0 Å². The van der Waals surface area contributed by atoms with E-state index in [1.165, 1.54) is 0 Å². The molecule has 0 unspecified atom stereocenters. The number of rotatable bonds is 3. The van der Waals surface area contributed by atoms with Gasteiger partial charge in [-0.1, -0.05) is 0 Å². The summed E-state index contributed by atoms with van der Waals surface area (Å²) < 4.78 is 1.81. The number of nitrogens with zero attached hydrogens (tertiary/aromatic N) is 3. The summed E-state index contributed by atoms with van der Waals surface area (Å²) in [4.78, 5) is 4.15. The first kappa shape index (κ1) is 10.2. The van der Waals surface area contributed by atoms with E-state index in [4.69, 9.17) is 0 Å². The van der Waals surface area contributed by atoms with Crippen LogP contribution in [0.25, 0.3) is 0 Å². The molecule has 1 heterocycles. The lowest BCUT2D eigenvalue weighted by Gasteiger charge is -2.20. The molecule has 0 aromatic carbocycles. The highest BCUT2D eigenvalue weighted by Gasteiger charge is 2.08. The number of nitrogens with one attached hydrogen (secondary N) is 1. The second kappa shape index (κ2) is 3.87. The first-order valence-corrected chi connectivity index (χ1v) is 4.57. The quantitative estimate of drug-likeness (QED) is 0.750. The standard InChI is InChI=1S/C9H18N4/c1-9(2,3)11-6-5-8-10-7-12-13(8)4/h7,11H,5-6H2,1-4H3. The Labute approximate surface area is 79.4 Å². The van der Waals surface area contributed by atoms with E-state index in [1.54, 1.807) is 6.33 Å². The number of aromatic nitrogens is 3. The van der Waals surface area contributed by atoms with Crippen molar-refractivity contribution in [2.75, 3.05) is 6.54 Å². The first-order valence-electron chi connectivity index (χ1n) is 4.57. The maximum atomic E-state index is 4.15. The molecule has 0 atom stereocenters. The predicted molar refractivity (Wildman–Crippen MR) is 52.5 cm³/mol. The lowest BCUT2D eigenvalue weighted by Crippen LogP contribution is -2.37. The highest BCUT2D eigenvalue weighted by atomic mass is 15.3. The van der Waals surface area contributed by atoms with Gasteiger partial charge < -0.3 is 5.32 Å². The van der Waals surface area contributed by atoms with Gasteiger partial charge in [-0.15, -0.1) is 0 Å². The molecule has 74 valence electrons. The van der Waals surface area contributed by atoms with Crippen molar-refractivity contribution in [1.82, 2.24) is 20.1 Å². The van der Waals surface area contributed by atoms with Gasteiger partial charge in [0.2, 0.25) is 0 Å². The molecule has 0 aliphatic carbocycles. The molecular weight excluding hydrogens is 164 g/mol. The zero-order valence-electron chi connectivity index (χ0n) is 8.83. The Morgan fingerprint density at radius 3 is 2.62 bits per heavy atom. The summed E-state index contributed by atoms with van der Waals surface area (Å²) in [5.74, 6) is 1.02. The average Bonchev–Trinajstić information content (AvgIpc) is 2.34. The molecule has 1 rings (SSSR count).